The molecule has 2 N–H and O–H groups in total. The Hall–Kier alpha value is -1.85. The van der Waals surface area contributed by atoms with Crippen molar-refractivity contribution in [3.8, 4) is 5.75 Å². The van der Waals surface area contributed by atoms with Crippen LogP contribution in [0.3, 0.4) is 0 Å². The van der Waals surface area contributed by atoms with Gasteiger partial charge in [-0.05, 0) is 0 Å². The largest absolute Gasteiger partial charge is 2.00 e. The Bertz CT molecular complexity index is 1110. The number of nitrogen functional groups attached to an aromatic ring is 1. The van der Waals surface area contributed by atoms with E-state index >= 15 is 0 Å². The zero-order chi connectivity index (χ0) is 28.1. The van der Waals surface area contributed by atoms with Crippen molar-refractivity contribution in [1.29, 1.82) is 0 Å². The van der Waals surface area contributed by atoms with E-state index < -0.39 is 36.0 Å². The monoisotopic (exact) mass is 628 g/mol. The summed E-state index contributed by atoms with van der Waals surface area (Å²) >= 11 is 0.365. The van der Waals surface area contributed by atoms with Gasteiger partial charge in [-0.15, -0.1) is 0 Å². The maximum Gasteiger partial charge on any atom is 2.00 e. The van der Waals surface area contributed by atoms with Crippen LogP contribution in [0.4, 0.5) is 23.7 Å². The Morgan fingerprint density at radius 1 is 1.29 bits per heavy atom. The van der Waals surface area contributed by atoms with Gasteiger partial charge in [0, 0.05) is 7.18 Å². The van der Waals surface area contributed by atoms with Gasteiger partial charge in [0.1, 0.15) is 0 Å². The molecule has 0 saturated carbocycles. The van der Waals surface area contributed by atoms with Gasteiger partial charge in [0.2, 0.25) is 0 Å². The van der Waals surface area contributed by atoms with Crippen LogP contribution in [0.1, 0.15) is 19.5 Å². The minimum atomic E-state index is -2.50. The zero-order valence-electron chi connectivity index (χ0n) is 21.4. The Kier molecular flexibility index (Phi) is 17.5. The summed E-state index contributed by atoms with van der Waals surface area (Å²) in [4.78, 5) is 14.5. The molecule has 13 heteroatoms. The normalized spacial score (nSPS) is 12.0. The molecular formula is C25H31F3N3O4SV2-. The number of anilines is 1. The molecule has 0 spiro atoms. The van der Waals surface area contributed by atoms with Gasteiger partial charge in [0.05, 0.1) is 0 Å². The fourth-order valence-electron chi connectivity index (χ4n) is 2.91. The molecule has 2 aromatic carbocycles. The van der Waals surface area contributed by atoms with E-state index in [-0.39, 0.29) is 50.1 Å². The molecule has 0 bridgehead atoms. The second-order valence-electron chi connectivity index (χ2n) is 7.95. The van der Waals surface area contributed by atoms with Gasteiger partial charge < -0.3 is 4.55 Å². The number of hydrogen-bond donors (Lipinski definition) is 1. The molecule has 0 aromatic heterocycles. The third-order valence-corrected chi connectivity index (χ3v) is 5.66. The Morgan fingerprint density at radius 2 is 1.92 bits per heavy atom. The Balaban J connectivity index is 0. The summed E-state index contributed by atoms with van der Waals surface area (Å²) in [6.07, 6.45) is -2.88. The van der Waals surface area contributed by atoms with E-state index in [0.29, 0.717) is 22.3 Å². The van der Waals surface area contributed by atoms with Gasteiger partial charge in [-0.2, -0.15) is 0 Å². The first kappa shape index (κ1) is 36.1. The average Bonchev–Trinajstić information content (AvgIpc) is 2.84. The van der Waals surface area contributed by atoms with Gasteiger partial charge in [0.15, 0.2) is 0 Å². The van der Waals surface area contributed by atoms with Crippen molar-refractivity contribution in [2.24, 2.45) is 0 Å². The number of likely N-dealkylation sites (N-methyl/N-ethyl adjacent to an activating group) is 1. The van der Waals surface area contributed by atoms with Crippen LogP contribution in [0.5, 0.6) is 5.75 Å². The number of hydrogen-bond acceptors (Lipinski definition) is 6. The van der Waals surface area contributed by atoms with Crippen LogP contribution in [-0.4, -0.2) is 75.8 Å². The summed E-state index contributed by atoms with van der Waals surface area (Å²) in [6, 6.07) is 12.5. The van der Waals surface area contributed by atoms with Gasteiger partial charge in [0.25, 0.3) is 0 Å². The van der Waals surface area contributed by atoms with Gasteiger partial charge >= 0.3 is 214 Å². The van der Waals surface area contributed by atoms with E-state index in [0.717, 1.165) is 0 Å². The zero-order valence-corrected chi connectivity index (χ0v) is 25.0. The smallest absolute Gasteiger partial charge is 0 e. The van der Waals surface area contributed by atoms with E-state index in [2.05, 4.69) is 27.8 Å². The van der Waals surface area contributed by atoms with Gasteiger partial charge in [-0.1, -0.05) is 18.0 Å². The molecule has 0 aliphatic carbocycles. The van der Waals surface area contributed by atoms with Crippen molar-refractivity contribution < 1.29 is 68.4 Å². The molecule has 0 heterocycles. The molecule has 38 heavy (non-hydrogen) atoms. The van der Waals surface area contributed by atoms with Crippen LogP contribution in [0.2, 0.25) is 0 Å². The second-order valence-corrected chi connectivity index (χ2v) is 9.48. The van der Waals surface area contributed by atoms with Crippen LogP contribution in [0.25, 0.3) is 5.57 Å². The van der Waals surface area contributed by atoms with E-state index in [9.17, 15) is 26.7 Å². The number of amides is 1. The molecular weight excluding hydrogens is 597 g/mol. The molecule has 1 radical (unpaired) electrons. The van der Waals surface area contributed by atoms with Crippen molar-refractivity contribution in [2.45, 2.75) is 19.8 Å². The van der Waals surface area contributed by atoms with Crippen molar-refractivity contribution in [1.82, 2.24) is 9.80 Å². The average molecular weight is 628 g/mol. The first-order chi connectivity index (χ1) is 17.4. The molecule has 1 unspecified atom stereocenters. The van der Waals surface area contributed by atoms with Gasteiger partial charge in [-0.25, -0.2) is 0 Å². The quantitative estimate of drug-likeness (QED) is 0.244. The molecule has 0 aliphatic heterocycles. The van der Waals surface area contributed by atoms with Crippen LogP contribution in [0.15, 0.2) is 42.0 Å². The van der Waals surface area contributed by atoms with E-state index in [1.165, 1.54) is 21.9 Å². The molecule has 2 aromatic rings. The van der Waals surface area contributed by atoms with Crippen molar-refractivity contribution >= 4 is 33.2 Å². The number of alkyl halides is 2. The summed E-state index contributed by atoms with van der Waals surface area (Å²) in [5.41, 5.74) is 7.91. The SMILES string of the molecule is CCS(=O)[O-].CN(C/C(=C(/[C-]=[V])Cc1cccc(N)c1F)c1[c-]cc(OC(=O)N(C)C)cc1)CC(F)F.[HH].[V+2]. The molecule has 0 aliphatic rings. The number of nitrogens with two attached hydrogens (primary N) is 1. The number of ether oxygens (including phenoxy) is 1. The number of rotatable bonds is 10. The number of carbonyl (C=O) groups is 1. The Labute approximate surface area is 246 Å². The predicted molar refractivity (Wildman–Crippen MR) is 137 cm³/mol. The fraction of sp³-hybridized carbons (Fsp3) is 0.360. The summed E-state index contributed by atoms with van der Waals surface area (Å²) in [5, 5.41) is 0. The maximum absolute atomic E-state index is 14.5. The number of nitrogens with zero attached hydrogens (tertiary/aromatic N) is 2. The van der Waals surface area contributed by atoms with E-state index in [1.807, 2.05) is 0 Å². The summed E-state index contributed by atoms with van der Waals surface area (Å²) in [7, 11) is 4.70. The van der Waals surface area contributed by atoms with Crippen LogP contribution >= 0.6 is 0 Å². The number of carbonyl (C=O) groups excluding carboxylic acids is 1. The van der Waals surface area contributed by atoms with Crippen molar-refractivity contribution in [3.05, 3.63) is 65.0 Å². The van der Waals surface area contributed by atoms with Crippen molar-refractivity contribution in [2.75, 3.05) is 45.7 Å². The molecule has 208 valence electrons. The molecule has 1 amide bonds. The fourth-order valence-corrected chi connectivity index (χ4v) is 3.24. The minimum Gasteiger partial charge on any atom is 0 e. The number of benzene rings is 2. The van der Waals surface area contributed by atoms with Crippen molar-refractivity contribution in [3.63, 3.8) is 0 Å². The molecule has 1 atom stereocenters. The van der Waals surface area contributed by atoms with Crippen LogP contribution < -0.4 is 10.5 Å². The minimum absolute atomic E-state index is 0. The maximum atomic E-state index is 14.5. The first-order valence-corrected chi connectivity index (χ1v) is 12.9. The summed E-state index contributed by atoms with van der Waals surface area (Å²) in [6.45, 7) is 1.31. The molecule has 0 fully saturated rings. The molecule has 7 nitrogen and oxygen atoms in total. The van der Waals surface area contributed by atoms with E-state index in [4.69, 9.17) is 10.5 Å². The standard InChI is InChI=1S/C23H24F3N3O2.C2H6O2S.2V.H2/c1-15(12-17-6-5-7-20(27)22(17)26)19(13-29(4)14-21(24)25)16-8-10-18(11-9-16)31-23(30)28(2)3;1-2-5(3)4;;;/h5-8,10-11,21H,12-14,27H2,2-4H3;2H2,1H3,(H,3,4);;;1H/q-2;;;+2;/p-1/b19-15+;;;;. The topological polar surface area (TPSA) is 98.9 Å². The summed E-state index contributed by atoms with van der Waals surface area (Å²) in [5.74, 6) is -0.0145. The predicted octanol–water partition coefficient (Wildman–Crippen LogP) is 3.82. The molecule has 0 saturated heterocycles. The second kappa shape index (κ2) is 18.4. The first-order valence-electron chi connectivity index (χ1n) is 11.0. The van der Waals surface area contributed by atoms with Gasteiger partial charge in [-0.3, -0.25) is 4.21 Å². The number of allylic oxidation sites excluding steroid dienone is 1. The Morgan fingerprint density at radius 3 is 2.39 bits per heavy atom. The summed E-state index contributed by atoms with van der Waals surface area (Å²) < 4.78 is 67.2. The van der Waals surface area contributed by atoms with E-state index in [1.54, 1.807) is 52.3 Å². The van der Waals surface area contributed by atoms with Crippen LogP contribution in [-0.2, 0) is 53.0 Å². The van der Waals surface area contributed by atoms with Crippen LogP contribution in [0, 0.1) is 11.9 Å². The number of halogens is 3. The molecule has 2 rings (SSSR count). The third kappa shape index (κ3) is 12.8. The third-order valence-electron chi connectivity index (χ3n) is 4.77.